The molecular weight excluding hydrogens is 334 g/mol. The molecule has 2 unspecified atom stereocenters. The summed E-state index contributed by atoms with van der Waals surface area (Å²) in [6.07, 6.45) is 3.34. The van der Waals surface area contributed by atoms with E-state index in [2.05, 4.69) is 15.6 Å². The quantitative estimate of drug-likeness (QED) is 0.573. The third-order valence-corrected chi connectivity index (χ3v) is 4.13. The van der Waals surface area contributed by atoms with Crippen LogP contribution in [0.1, 0.15) is 22.8 Å². The molecule has 1 aromatic heterocycles. The van der Waals surface area contributed by atoms with E-state index in [-0.39, 0.29) is 0 Å². The summed E-state index contributed by atoms with van der Waals surface area (Å²) in [6, 6.07) is 9.07. The Morgan fingerprint density at radius 3 is 2.35 bits per heavy atom. The minimum absolute atomic E-state index is 0.308. The van der Waals surface area contributed by atoms with E-state index in [1.807, 2.05) is 12.1 Å². The van der Waals surface area contributed by atoms with Gasteiger partial charge in [-0.25, -0.2) is 4.79 Å². The summed E-state index contributed by atoms with van der Waals surface area (Å²) in [5, 5.41) is 6.14. The van der Waals surface area contributed by atoms with Crippen molar-refractivity contribution in [3.8, 4) is 0 Å². The van der Waals surface area contributed by atoms with Gasteiger partial charge in [0.2, 0.25) is 11.6 Å². The predicted octanol–water partition coefficient (Wildman–Crippen LogP) is 1.35. The van der Waals surface area contributed by atoms with Gasteiger partial charge in [0.25, 0.3) is 0 Å². The molecule has 2 N–H and O–H groups in total. The summed E-state index contributed by atoms with van der Waals surface area (Å²) in [6.45, 7) is 2.51. The van der Waals surface area contributed by atoms with E-state index in [1.54, 1.807) is 43.6 Å². The zero-order valence-electron chi connectivity index (χ0n) is 14.3. The molecule has 2 aromatic rings. The van der Waals surface area contributed by atoms with E-state index < -0.39 is 29.6 Å². The molecule has 1 heterocycles. The van der Waals surface area contributed by atoms with Crippen molar-refractivity contribution in [1.29, 1.82) is 0 Å². The van der Waals surface area contributed by atoms with Crippen LogP contribution in [-0.4, -0.2) is 41.2 Å². The normalized spacial score (nSPS) is 19.0. The average Bonchev–Trinajstić information content (AvgIpc) is 2.68. The maximum absolute atomic E-state index is 11.9. The lowest BCUT2D eigenvalue weighted by Gasteiger charge is -2.35. The Morgan fingerprint density at radius 2 is 1.69 bits per heavy atom. The number of carbonyl (C=O) groups excluding carboxylic acids is 3. The van der Waals surface area contributed by atoms with E-state index in [1.165, 1.54) is 0 Å². The van der Waals surface area contributed by atoms with Gasteiger partial charge in [0.05, 0.1) is 12.2 Å². The number of nitrogens with zero attached hydrogens (tertiary/aromatic N) is 1. The first-order chi connectivity index (χ1) is 12.6. The van der Waals surface area contributed by atoms with Gasteiger partial charge < -0.3 is 15.4 Å². The molecule has 0 radical (unpaired) electrons. The van der Waals surface area contributed by atoms with Crippen LogP contribution in [-0.2, 0) is 20.9 Å². The van der Waals surface area contributed by atoms with Crippen molar-refractivity contribution >= 4 is 23.2 Å². The lowest BCUT2D eigenvalue weighted by molar-refractivity contribution is -0.145. The first-order valence-electron chi connectivity index (χ1n) is 8.34. The second-order valence-electron chi connectivity index (χ2n) is 5.86. The molecule has 134 valence electrons. The van der Waals surface area contributed by atoms with Gasteiger partial charge in [-0.15, -0.1) is 0 Å². The number of hydrogen-bond donors (Lipinski definition) is 2. The molecule has 1 aliphatic rings. The van der Waals surface area contributed by atoms with Gasteiger partial charge in [-0.1, -0.05) is 0 Å². The van der Waals surface area contributed by atoms with Crippen molar-refractivity contribution in [2.24, 2.45) is 0 Å². The first kappa shape index (κ1) is 17.8. The molecule has 0 amide bonds. The van der Waals surface area contributed by atoms with Gasteiger partial charge in [-0.3, -0.25) is 14.6 Å². The highest BCUT2D eigenvalue weighted by Gasteiger charge is 2.48. The lowest BCUT2D eigenvalue weighted by atomic mass is 9.82. The number of Topliss-reactive ketones (excluding diaryl/α,β-unsaturated/α-hetero) is 2. The van der Waals surface area contributed by atoms with Gasteiger partial charge >= 0.3 is 5.97 Å². The van der Waals surface area contributed by atoms with Gasteiger partial charge in [-0.05, 0) is 48.9 Å². The molecule has 7 nitrogen and oxygen atoms in total. The summed E-state index contributed by atoms with van der Waals surface area (Å²) >= 11 is 0. The molecule has 7 heteroatoms. The Bertz CT molecular complexity index is 805. The standard InChI is InChI=1S/C19H19N3O4/c1-2-26-19(25)13-3-5-14(6-4-13)22-16-15(17(23)18(16)24)21-11-12-7-9-20-10-8-12/h3-10,15-16,21-22H,2,11H2,1H3. The summed E-state index contributed by atoms with van der Waals surface area (Å²) in [4.78, 5) is 39.4. The van der Waals surface area contributed by atoms with Crippen molar-refractivity contribution < 1.29 is 19.1 Å². The molecule has 2 atom stereocenters. The van der Waals surface area contributed by atoms with Crippen molar-refractivity contribution in [3.05, 3.63) is 59.9 Å². The molecule has 26 heavy (non-hydrogen) atoms. The van der Waals surface area contributed by atoms with Gasteiger partial charge in [0.15, 0.2) is 0 Å². The number of rotatable bonds is 7. The van der Waals surface area contributed by atoms with Gasteiger partial charge in [0.1, 0.15) is 12.1 Å². The number of ether oxygens (including phenoxy) is 1. The lowest BCUT2D eigenvalue weighted by Crippen LogP contribution is -2.66. The Hall–Kier alpha value is -3.06. The summed E-state index contributed by atoms with van der Waals surface area (Å²) in [7, 11) is 0. The van der Waals surface area contributed by atoms with Gasteiger partial charge in [0, 0.05) is 24.6 Å². The molecule has 1 saturated carbocycles. The summed E-state index contributed by atoms with van der Waals surface area (Å²) in [5.74, 6) is -1.28. The number of nitrogens with one attached hydrogen (secondary N) is 2. The zero-order valence-corrected chi connectivity index (χ0v) is 14.3. The van der Waals surface area contributed by atoms with Crippen molar-refractivity contribution in [1.82, 2.24) is 10.3 Å². The Labute approximate surface area is 150 Å². The predicted molar refractivity (Wildman–Crippen MR) is 94.7 cm³/mol. The number of esters is 1. The Balaban J connectivity index is 1.61. The Kier molecular flexibility index (Phi) is 5.38. The number of aromatic nitrogens is 1. The molecule has 0 saturated heterocycles. The van der Waals surface area contributed by atoms with Crippen molar-refractivity contribution in [3.63, 3.8) is 0 Å². The van der Waals surface area contributed by atoms with Gasteiger partial charge in [-0.2, -0.15) is 0 Å². The van der Waals surface area contributed by atoms with E-state index in [4.69, 9.17) is 4.74 Å². The van der Waals surface area contributed by atoms with Crippen LogP contribution >= 0.6 is 0 Å². The maximum Gasteiger partial charge on any atom is 0.338 e. The molecule has 1 aliphatic carbocycles. The fourth-order valence-corrected chi connectivity index (χ4v) is 2.70. The highest BCUT2D eigenvalue weighted by molar-refractivity contribution is 6.49. The number of benzene rings is 1. The van der Waals surface area contributed by atoms with E-state index in [0.717, 1.165) is 5.56 Å². The Morgan fingerprint density at radius 1 is 1.04 bits per heavy atom. The monoisotopic (exact) mass is 353 g/mol. The van der Waals surface area contributed by atoms with Crippen molar-refractivity contribution in [2.75, 3.05) is 11.9 Å². The fourth-order valence-electron chi connectivity index (χ4n) is 2.70. The van der Waals surface area contributed by atoms with Crippen LogP contribution in [0, 0.1) is 0 Å². The van der Waals surface area contributed by atoms with Crippen LogP contribution in [0.5, 0.6) is 0 Å². The summed E-state index contributed by atoms with van der Waals surface area (Å²) in [5.41, 5.74) is 2.06. The maximum atomic E-state index is 11.9. The van der Waals surface area contributed by atoms with Crippen LogP contribution in [0.3, 0.4) is 0 Å². The first-order valence-corrected chi connectivity index (χ1v) is 8.34. The molecular formula is C19H19N3O4. The number of carbonyl (C=O) groups is 3. The number of anilines is 1. The summed E-state index contributed by atoms with van der Waals surface area (Å²) < 4.78 is 4.93. The minimum atomic E-state index is -0.627. The average molecular weight is 353 g/mol. The highest BCUT2D eigenvalue weighted by atomic mass is 16.5. The van der Waals surface area contributed by atoms with Crippen molar-refractivity contribution in [2.45, 2.75) is 25.6 Å². The zero-order chi connectivity index (χ0) is 18.5. The second kappa shape index (κ2) is 7.88. The molecule has 1 aromatic carbocycles. The smallest absolute Gasteiger partial charge is 0.338 e. The highest BCUT2D eigenvalue weighted by Crippen LogP contribution is 2.20. The van der Waals surface area contributed by atoms with Crippen LogP contribution < -0.4 is 10.6 Å². The van der Waals surface area contributed by atoms with E-state index >= 15 is 0 Å². The third kappa shape index (κ3) is 3.78. The third-order valence-electron chi connectivity index (χ3n) is 4.13. The number of ketones is 2. The molecule has 1 fully saturated rings. The van der Waals surface area contributed by atoms with E-state index in [0.29, 0.717) is 24.4 Å². The molecule has 0 spiro atoms. The molecule has 0 aliphatic heterocycles. The SMILES string of the molecule is CCOC(=O)c1ccc(NC2C(=O)C(=O)C2NCc2ccncc2)cc1. The molecule has 0 bridgehead atoms. The second-order valence-corrected chi connectivity index (χ2v) is 5.86. The number of pyridine rings is 1. The number of hydrogen-bond acceptors (Lipinski definition) is 7. The van der Waals surface area contributed by atoms with Crippen LogP contribution in [0.4, 0.5) is 5.69 Å². The van der Waals surface area contributed by atoms with E-state index in [9.17, 15) is 14.4 Å². The topological polar surface area (TPSA) is 97.4 Å². The van der Waals surface area contributed by atoms with Crippen LogP contribution in [0.2, 0.25) is 0 Å². The minimum Gasteiger partial charge on any atom is -0.462 e. The largest absolute Gasteiger partial charge is 0.462 e. The molecule has 3 rings (SSSR count). The van der Waals surface area contributed by atoms with Crippen LogP contribution in [0.25, 0.3) is 0 Å². The van der Waals surface area contributed by atoms with Crippen LogP contribution in [0.15, 0.2) is 48.8 Å². The fraction of sp³-hybridized carbons (Fsp3) is 0.263.